The van der Waals surface area contributed by atoms with E-state index in [1.54, 1.807) is 18.2 Å². The van der Waals surface area contributed by atoms with Crippen molar-refractivity contribution >= 4 is 40.5 Å². The maximum atomic E-state index is 13.4. The normalized spacial score (nSPS) is 18.5. The third-order valence-electron chi connectivity index (χ3n) is 5.57. The van der Waals surface area contributed by atoms with Crippen molar-refractivity contribution in [3.63, 3.8) is 0 Å². The summed E-state index contributed by atoms with van der Waals surface area (Å²) < 4.78 is 13.4. The van der Waals surface area contributed by atoms with Crippen LogP contribution in [0.4, 0.5) is 10.1 Å². The Morgan fingerprint density at radius 3 is 2.44 bits per heavy atom. The van der Waals surface area contributed by atoms with Crippen LogP contribution in [0.3, 0.4) is 0 Å². The number of halogens is 1. The molecule has 1 heterocycles. The van der Waals surface area contributed by atoms with E-state index in [4.69, 9.17) is 0 Å². The Morgan fingerprint density at radius 2 is 1.75 bits per heavy atom. The van der Waals surface area contributed by atoms with Crippen LogP contribution in [-0.4, -0.2) is 28.8 Å². The molecule has 32 heavy (non-hydrogen) atoms. The number of carbonyl (C=O) groups is 2. The van der Waals surface area contributed by atoms with Crippen molar-refractivity contribution in [2.75, 3.05) is 10.7 Å². The summed E-state index contributed by atoms with van der Waals surface area (Å²) >= 11 is 1.22. The van der Waals surface area contributed by atoms with Gasteiger partial charge in [0, 0.05) is 6.04 Å². The number of hydrogen-bond acceptors (Lipinski definition) is 4. The van der Waals surface area contributed by atoms with Gasteiger partial charge < -0.3 is 5.32 Å². The van der Waals surface area contributed by atoms with Gasteiger partial charge in [-0.15, -0.1) is 0 Å². The second-order valence-corrected chi connectivity index (χ2v) is 8.94. The van der Waals surface area contributed by atoms with E-state index < -0.39 is 0 Å². The summed E-state index contributed by atoms with van der Waals surface area (Å²) in [5, 5.41) is 3.54. The number of rotatable bonds is 5. The molecule has 2 aromatic rings. The molecule has 0 unspecified atom stereocenters. The average Bonchev–Trinajstić information content (AvgIpc) is 2.95. The summed E-state index contributed by atoms with van der Waals surface area (Å²) in [5.74, 6) is -0.572. The Hall–Kier alpha value is -2.93. The Balaban J connectivity index is 1.51. The summed E-state index contributed by atoms with van der Waals surface area (Å²) in [5.41, 5.74) is 1.66. The number of nitrogens with one attached hydrogen (secondary N) is 1. The number of nitrogens with zero attached hydrogens (tertiary/aromatic N) is 2. The van der Waals surface area contributed by atoms with E-state index in [1.807, 2.05) is 30.3 Å². The van der Waals surface area contributed by atoms with Crippen LogP contribution in [0.15, 0.2) is 65.3 Å². The number of amides is 2. The first-order valence-corrected chi connectivity index (χ1v) is 12.0. The third-order valence-corrected chi connectivity index (χ3v) is 6.51. The molecule has 1 saturated carbocycles. The first-order valence-electron chi connectivity index (χ1n) is 11.0. The highest BCUT2D eigenvalue weighted by Gasteiger charge is 2.32. The lowest BCUT2D eigenvalue weighted by Crippen LogP contribution is -2.37. The molecule has 0 aromatic heterocycles. The van der Waals surface area contributed by atoms with Gasteiger partial charge in [-0.1, -0.05) is 67.8 Å². The minimum absolute atomic E-state index is 0.0587. The fraction of sp³-hybridized carbons (Fsp3) is 0.320. The third kappa shape index (κ3) is 5.65. The maximum Gasteiger partial charge on any atom is 0.283 e. The molecule has 1 N–H and O–H groups in total. The van der Waals surface area contributed by atoms with Gasteiger partial charge in [0.25, 0.3) is 5.91 Å². The quantitative estimate of drug-likeness (QED) is 0.506. The summed E-state index contributed by atoms with van der Waals surface area (Å²) in [6.45, 7) is 0. The van der Waals surface area contributed by atoms with Crippen LogP contribution in [0, 0.1) is 5.82 Å². The molecule has 7 heteroatoms. The molecule has 0 radical (unpaired) electrons. The molecule has 2 aromatic carbocycles. The van der Waals surface area contributed by atoms with Gasteiger partial charge in [0.1, 0.15) is 11.5 Å². The molecular weight excluding hydrogens is 425 g/mol. The zero-order valence-electron chi connectivity index (χ0n) is 17.8. The first kappa shape index (κ1) is 22.3. The molecule has 5 nitrogen and oxygen atoms in total. The summed E-state index contributed by atoms with van der Waals surface area (Å²) in [4.78, 5) is 31.7. The highest BCUT2D eigenvalue weighted by Crippen LogP contribution is 2.29. The van der Waals surface area contributed by atoms with Gasteiger partial charge in [0.2, 0.25) is 5.91 Å². The van der Waals surface area contributed by atoms with Crippen molar-refractivity contribution in [2.24, 2.45) is 4.99 Å². The molecule has 0 atom stereocenters. The number of anilines is 1. The monoisotopic (exact) mass is 451 g/mol. The number of amidine groups is 1. The minimum atomic E-state index is -0.380. The van der Waals surface area contributed by atoms with Gasteiger partial charge in [0.15, 0.2) is 5.17 Å². The van der Waals surface area contributed by atoms with E-state index in [1.165, 1.54) is 41.6 Å². The highest BCUT2D eigenvalue weighted by molar-refractivity contribution is 8.14. The van der Waals surface area contributed by atoms with Gasteiger partial charge in [0.05, 0.1) is 11.4 Å². The van der Waals surface area contributed by atoms with Crippen LogP contribution in [0.25, 0.3) is 6.08 Å². The zero-order valence-corrected chi connectivity index (χ0v) is 18.6. The molecule has 2 aliphatic rings. The molecule has 0 spiro atoms. The lowest BCUT2D eigenvalue weighted by molar-refractivity contribution is -0.119. The average molecular weight is 452 g/mol. The summed E-state index contributed by atoms with van der Waals surface area (Å²) in [7, 11) is 0. The highest BCUT2D eigenvalue weighted by atomic mass is 32.2. The van der Waals surface area contributed by atoms with Crippen molar-refractivity contribution in [1.82, 2.24) is 5.32 Å². The Kier molecular flexibility index (Phi) is 7.37. The van der Waals surface area contributed by atoms with Crippen LogP contribution < -0.4 is 10.2 Å². The molecule has 166 valence electrons. The Morgan fingerprint density at radius 1 is 1.06 bits per heavy atom. The van der Waals surface area contributed by atoms with Gasteiger partial charge in [-0.05, 0) is 48.7 Å². The second kappa shape index (κ2) is 10.6. The predicted molar refractivity (Wildman–Crippen MR) is 128 cm³/mol. The van der Waals surface area contributed by atoms with Crippen LogP contribution in [0.5, 0.6) is 0 Å². The molecule has 0 saturated heterocycles. The van der Waals surface area contributed by atoms with Crippen LogP contribution in [0.1, 0.15) is 44.1 Å². The molecular formula is C25H26FN3O2S. The van der Waals surface area contributed by atoms with E-state index >= 15 is 0 Å². The fourth-order valence-corrected chi connectivity index (χ4v) is 4.77. The van der Waals surface area contributed by atoms with E-state index in [2.05, 4.69) is 10.3 Å². The van der Waals surface area contributed by atoms with E-state index in [0.717, 1.165) is 31.2 Å². The SMILES string of the molecule is O=C(CSC1=NC(=Cc2ccccc2)C(=O)N1c1ccc(F)cc1)NC1CCCCCC1. The Labute approximate surface area is 191 Å². The molecule has 0 bridgehead atoms. The van der Waals surface area contributed by atoms with Gasteiger partial charge >= 0.3 is 0 Å². The van der Waals surface area contributed by atoms with Crippen molar-refractivity contribution in [1.29, 1.82) is 0 Å². The second-order valence-electron chi connectivity index (χ2n) is 8.00. The molecule has 4 rings (SSSR count). The molecule has 1 aliphatic heterocycles. The van der Waals surface area contributed by atoms with Crippen molar-refractivity contribution < 1.29 is 14.0 Å². The Bertz CT molecular complexity index is 1010. The van der Waals surface area contributed by atoms with E-state index in [-0.39, 0.29) is 35.1 Å². The largest absolute Gasteiger partial charge is 0.353 e. The topological polar surface area (TPSA) is 61.8 Å². The lowest BCUT2D eigenvalue weighted by atomic mass is 10.1. The fourth-order valence-electron chi connectivity index (χ4n) is 3.94. The van der Waals surface area contributed by atoms with E-state index in [0.29, 0.717) is 10.9 Å². The van der Waals surface area contributed by atoms with E-state index in [9.17, 15) is 14.0 Å². The zero-order chi connectivity index (χ0) is 22.3. The molecule has 1 fully saturated rings. The van der Waals surface area contributed by atoms with Crippen molar-refractivity contribution in [3.05, 3.63) is 71.7 Å². The van der Waals surface area contributed by atoms with Crippen LogP contribution >= 0.6 is 11.8 Å². The number of carbonyl (C=O) groups excluding carboxylic acids is 2. The number of aliphatic imine (C=N–C) groups is 1. The first-order chi connectivity index (χ1) is 15.6. The standard InChI is InChI=1S/C25H26FN3O2S/c26-19-12-14-21(15-13-19)29-24(31)22(16-18-8-4-3-5-9-18)28-25(29)32-17-23(30)27-20-10-6-1-2-7-11-20/h3-5,8-9,12-16,20H,1-2,6-7,10-11,17H2,(H,27,30). The van der Waals surface area contributed by atoms with Crippen molar-refractivity contribution in [3.8, 4) is 0 Å². The molecule has 2 amide bonds. The van der Waals surface area contributed by atoms with Gasteiger partial charge in [-0.2, -0.15) is 0 Å². The summed E-state index contributed by atoms with van der Waals surface area (Å²) in [6, 6.07) is 15.4. The van der Waals surface area contributed by atoms with Gasteiger partial charge in [-0.3, -0.25) is 14.5 Å². The van der Waals surface area contributed by atoms with Crippen LogP contribution in [0.2, 0.25) is 0 Å². The minimum Gasteiger partial charge on any atom is -0.353 e. The predicted octanol–water partition coefficient (Wildman–Crippen LogP) is 5.14. The van der Waals surface area contributed by atoms with Crippen molar-refractivity contribution in [2.45, 2.75) is 44.6 Å². The van der Waals surface area contributed by atoms with Crippen LogP contribution in [-0.2, 0) is 9.59 Å². The number of benzene rings is 2. The summed E-state index contributed by atoms with van der Waals surface area (Å²) in [6.07, 6.45) is 8.49. The number of thioether (sulfide) groups is 1. The number of hydrogen-bond donors (Lipinski definition) is 1. The lowest BCUT2D eigenvalue weighted by Gasteiger charge is -2.19. The molecule has 1 aliphatic carbocycles. The smallest absolute Gasteiger partial charge is 0.283 e. The maximum absolute atomic E-state index is 13.4. The van der Waals surface area contributed by atoms with Gasteiger partial charge in [-0.25, -0.2) is 9.38 Å².